The van der Waals surface area contributed by atoms with E-state index >= 15 is 0 Å². The van der Waals surface area contributed by atoms with Crippen molar-refractivity contribution in [2.24, 2.45) is 0 Å². The molecule has 0 saturated carbocycles. The van der Waals surface area contributed by atoms with Crippen molar-refractivity contribution in [2.75, 3.05) is 18.4 Å². The average molecular weight is 326 g/mol. The second kappa shape index (κ2) is 6.16. The molecule has 0 aromatic heterocycles. The fraction of sp³-hybridized carbons (Fsp3) is 0.385. The zero-order valence-electron chi connectivity index (χ0n) is 10.6. The van der Waals surface area contributed by atoms with Gasteiger partial charge in [-0.1, -0.05) is 22.9 Å². The van der Waals surface area contributed by atoms with Gasteiger partial charge in [0, 0.05) is 22.3 Å². The Morgan fingerprint density at radius 3 is 3.00 bits per heavy atom. The van der Waals surface area contributed by atoms with Gasteiger partial charge < -0.3 is 10.6 Å². The van der Waals surface area contributed by atoms with Crippen LogP contribution in [0.5, 0.6) is 0 Å². The van der Waals surface area contributed by atoms with Crippen molar-refractivity contribution in [3.05, 3.63) is 28.2 Å². The van der Waals surface area contributed by atoms with Crippen molar-refractivity contribution in [3.8, 4) is 0 Å². The second-order valence-corrected chi connectivity index (χ2v) is 5.30. The zero-order valence-corrected chi connectivity index (χ0v) is 12.2. The van der Waals surface area contributed by atoms with E-state index in [-0.39, 0.29) is 18.4 Å². The lowest BCUT2D eigenvalue weighted by atomic mass is 10.1. The van der Waals surface area contributed by atoms with Crippen molar-refractivity contribution in [1.29, 1.82) is 0 Å². The molecule has 0 radical (unpaired) electrons. The van der Waals surface area contributed by atoms with Crippen LogP contribution in [0, 0.1) is 0 Å². The third-order valence-electron chi connectivity index (χ3n) is 2.88. The van der Waals surface area contributed by atoms with Gasteiger partial charge in [0.15, 0.2) is 0 Å². The van der Waals surface area contributed by atoms with E-state index in [2.05, 4.69) is 31.9 Å². The number of nitrogens with one attached hydrogen (secondary N) is 3. The molecule has 0 bridgehead atoms. The van der Waals surface area contributed by atoms with E-state index in [0.717, 1.165) is 22.1 Å². The van der Waals surface area contributed by atoms with Crippen LogP contribution in [0.4, 0.5) is 5.69 Å². The molecule has 5 nitrogen and oxygen atoms in total. The van der Waals surface area contributed by atoms with E-state index in [1.54, 1.807) is 0 Å². The minimum Gasteiger partial charge on any atom is -0.355 e. The number of anilines is 1. The standard InChI is InChI=1S/C13H16BrN3O2/c1-2-5-15-11(18)7-16-12-9-6-8(14)3-4-10(9)17-13(12)19/h3-4,6,12,16H,2,5,7H2,1H3,(H,15,18)(H,17,19). The molecule has 0 spiro atoms. The summed E-state index contributed by atoms with van der Waals surface area (Å²) in [5.74, 6) is -0.227. The van der Waals surface area contributed by atoms with Gasteiger partial charge in [-0.05, 0) is 24.6 Å². The SMILES string of the molecule is CCCNC(=O)CNC1C(=O)Nc2ccc(Br)cc21. The highest BCUT2D eigenvalue weighted by atomic mass is 79.9. The van der Waals surface area contributed by atoms with Crippen LogP contribution in [0.1, 0.15) is 24.9 Å². The Morgan fingerprint density at radius 1 is 1.47 bits per heavy atom. The number of benzene rings is 1. The fourth-order valence-electron chi connectivity index (χ4n) is 1.96. The number of fused-ring (bicyclic) bond motifs is 1. The normalized spacial score (nSPS) is 16.9. The zero-order chi connectivity index (χ0) is 13.8. The molecule has 0 saturated heterocycles. The molecule has 1 aromatic rings. The molecule has 0 fully saturated rings. The first-order valence-corrected chi connectivity index (χ1v) is 7.01. The van der Waals surface area contributed by atoms with Gasteiger partial charge in [0.05, 0.1) is 6.54 Å². The number of hydrogen-bond donors (Lipinski definition) is 3. The summed E-state index contributed by atoms with van der Waals surface area (Å²) in [6, 6.07) is 5.13. The van der Waals surface area contributed by atoms with Crippen LogP contribution in [0.3, 0.4) is 0 Å². The van der Waals surface area contributed by atoms with Crippen LogP contribution < -0.4 is 16.0 Å². The average Bonchev–Trinajstić information content (AvgIpc) is 2.69. The van der Waals surface area contributed by atoms with Crippen molar-refractivity contribution in [2.45, 2.75) is 19.4 Å². The first-order valence-electron chi connectivity index (χ1n) is 6.22. The Kier molecular flexibility index (Phi) is 4.55. The van der Waals surface area contributed by atoms with Crippen LogP contribution in [0.2, 0.25) is 0 Å². The predicted molar refractivity (Wildman–Crippen MR) is 76.8 cm³/mol. The summed E-state index contributed by atoms with van der Waals surface area (Å²) in [5, 5.41) is 8.53. The minimum atomic E-state index is -0.472. The number of amides is 2. The minimum absolute atomic E-state index is 0.0990. The Bertz CT molecular complexity index is 505. The van der Waals surface area contributed by atoms with E-state index in [1.807, 2.05) is 25.1 Å². The molecule has 102 valence electrons. The summed E-state index contributed by atoms with van der Waals surface area (Å²) >= 11 is 3.38. The van der Waals surface area contributed by atoms with Gasteiger partial charge in [-0.15, -0.1) is 0 Å². The maximum Gasteiger partial charge on any atom is 0.246 e. The van der Waals surface area contributed by atoms with E-state index in [4.69, 9.17) is 0 Å². The number of hydrogen-bond acceptors (Lipinski definition) is 3. The maximum absolute atomic E-state index is 11.8. The molecular formula is C13H16BrN3O2. The van der Waals surface area contributed by atoms with Crippen LogP contribution in [-0.4, -0.2) is 24.9 Å². The maximum atomic E-state index is 11.8. The molecule has 1 heterocycles. The highest BCUT2D eigenvalue weighted by Crippen LogP contribution is 2.32. The van der Waals surface area contributed by atoms with Crippen LogP contribution in [0.15, 0.2) is 22.7 Å². The lowest BCUT2D eigenvalue weighted by Crippen LogP contribution is -2.38. The molecule has 1 aliphatic heterocycles. The van der Waals surface area contributed by atoms with Gasteiger partial charge in [-0.2, -0.15) is 0 Å². The Morgan fingerprint density at radius 2 is 2.26 bits per heavy atom. The number of halogens is 1. The fourth-order valence-corrected chi connectivity index (χ4v) is 2.34. The van der Waals surface area contributed by atoms with E-state index in [9.17, 15) is 9.59 Å². The van der Waals surface area contributed by atoms with Crippen LogP contribution >= 0.6 is 15.9 Å². The van der Waals surface area contributed by atoms with Gasteiger partial charge in [-0.25, -0.2) is 0 Å². The van der Waals surface area contributed by atoms with Gasteiger partial charge in [0.25, 0.3) is 0 Å². The Balaban J connectivity index is 2.00. The molecule has 6 heteroatoms. The van der Waals surface area contributed by atoms with Gasteiger partial charge in [0.1, 0.15) is 6.04 Å². The molecule has 2 amide bonds. The molecule has 3 N–H and O–H groups in total. The summed E-state index contributed by atoms with van der Waals surface area (Å²) in [6.45, 7) is 2.77. The van der Waals surface area contributed by atoms with Gasteiger partial charge >= 0.3 is 0 Å². The Labute approximate surface area is 120 Å². The second-order valence-electron chi connectivity index (χ2n) is 4.38. The summed E-state index contributed by atoms with van der Waals surface area (Å²) in [5.41, 5.74) is 1.65. The highest BCUT2D eigenvalue weighted by Gasteiger charge is 2.30. The molecule has 2 rings (SSSR count). The molecule has 1 unspecified atom stereocenters. The van der Waals surface area contributed by atoms with Crippen molar-refractivity contribution in [1.82, 2.24) is 10.6 Å². The van der Waals surface area contributed by atoms with Crippen LogP contribution in [0.25, 0.3) is 0 Å². The lowest BCUT2D eigenvalue weighted by Gasteiger charge is -2.11. The van der Waals surface area contributed by atoms with Crippen molar-refractivity contribution < 1.29 is 9.59 Å². The molecular weight excluding hydrogens is 310 g/mol. The van der Waals surface area contributed by atoms with E-state index in [1.165, 1.54) is 0 Å². The summed E-state index contributed by atoms with van der Waals surface area (Å²) < 4.78 is 0.907. The number of carbonyl (C=O) groups excluding carboxylic acids is 2. The molecule has 1 atom stereocenters. The third-order valence-corrected chi connectivity index (χ3v) is 3.38. The third kappa shape index (κ3) is 3.33. The summed E-state index contributed by atoms with van der Waals surface area (Å²) in [7, 11) is 0. The molecule has 1 aliphatic rings. The van der Waals surface area contributed by atoms with Gasteiger partial charge in [0.2, 0.25) is 11.8 Å². The Hall–Kier alpha value is -1.40. The highest BCUT2D eigenvalue weighted by molar-refractivity contribution is 9.10. The molecule has 0 aliphatic carbocycles. The van der Waals surface area contributed by atoms with E-state index in [0.29, 0.717) is 6.54 Å². The number of carbonyl (C=O) groups is 2. The molecule has 19 heavy (non-hydrogen) atoms. The molecule has 1 aromatic carbocycles. The van der Waals surface area contributed by atoms with Crippen LogP contribution in [-0.2, 0) is 9.59 Å². The van der Waals surface area contributed by atoms with E-state index < -0.39 is 6.04 Å². The summed E-state index contributed by atoms with van der Waals surface area (Å²) in [4.78, 5) is 23.4. The van der Waals surface area contributed by atoms with Crippen molar-refractivity contribution in [3.63, 3.8) is 0 Å². The smallest absolute Gasteiger partial charge is 0.246 e. The summed E-state index contributed by atoms with van der Waals surface area (Å²) in [6.07, 6.45) is 0.894. The topological polar surface area (TPSA) is 70.2 Å². The largest absolute Gasteiger partial charge is 0.355 e. The first-order chi connectivity index (χ1) is 9.11. The lowest BCUT2D eigenvalue weighted by molar-refractivity contribution is -0.121. The quantitative estimate of drug-likeness (QED) is 0.769. The first kappa shape index (κ1) is 14.0. The monoisotopic (exact) mass is 325 g/mol. The predicted octanol–water partition coefficient (Wildman–Crippen LogP) is 1.56. The van der Waals surface area contributed by atoms with Gasteiger partial charge in [-0.3, -0.25) is 14.9 Å². The number of rotatable bonds is 5. The van der Waals surface area contributed by atoms with Crippen molar-refractivity contribution >= 4 is 33.4 Å².